The van der Waals surface area contributed by atoms with Gasteiger partial charge in [-0.25, -0.2) is 13.8 Å². The van der Waals surface area contributed by atoms with Gasteiger partial charge in [0.1, 0.15) is 0 Å². The second-order valence-electron chi connectivity index (χ2n) is 8.23. The molecule has 33 heavy (non-hydrogen) atoms. The van der Waals surface area contributed by atoms with Crippen LogP contribution in [0.1, 0.15) is 63.6 Å². The van der Waals surface area contributed by atoms with Crippen LogP contribution in [-0.2, 0) is 10.0 Å². The predicted molar refractivity (Wildman–Crippen MR) is 131 cm³/mol. The van der Waals surface area contributed by atoms with Gasteiger partial charge in [0.2, 0.25) is 5.75 Å². The summed E-state index contributed by atoms with van der Waals surface area (Å²) < 4.78 is 42.7. The number of aryl methyl sites for hydroxylation is 1. The van der Waals surface area contributed by atoms with Crippen LogP contribution in [0.4, 0.5) is 0 Å². The van der Waals surface area contributed by atoms with Crippen LogP contribution in [0.3, 0.4) is 0 Å². The van der Waals surface area contributed by atoms with E-state index in [1.165, 1.54) is 0 Å². The van der Waals surface area contributed by atoms with Crippen molar-refractivity contribution in [1.29, 1.82) is 0 Å². The maximum absolute atomic E-state index is 12.6. The van der Waals surface area contributed by atoms with Gasteiger partial charge in [-0.15, -0.1) is 4.83 Å². The Balaban J connectivity index is 2.21. The Morgan fingerprint density at radius 2 is 1.67 bits per heavy atom. The van der Waals surface area contributed by atoms with Crippen molar-refractivity contribution in [3.8, 4) is 17.2 Å². The van der Waals surface area contributed by atoms with Crippen molar-refractivity contribution in [1.82, 2.24) is 10.3 Å². The minimum absolute atomic E-state index is 0.191. The molecule has 0 aliphatic rings. The van der Waals surface area contributed by atoms with E-state index in [4.69, 9.17) is 14.2 Å². The molecule has 2 aromatic carbocycles. The van der Waals surface area contributed by atoms with Gasteiger partial charge < -0.3 is 14.2 Å². The summed E-state index contributed by atoms with van der Waals surface area (Å²) in [4.78, 5) is 2.66. The van der Waals surface area contributed by atoms with Crippen LogP contribution in [0.25, 0.3) is 0 Å². The van der Waals surface area contributed by atoms with Crippen molar-refractivity contribution in [3.05, 3.63) is 47.5 Å². The quantitative estimate of drug-likeness (QED) is 0.365. The Morgan fingerprint density at radius 1 is 0.970 bits per heavy atom. The van der Waals surface area contributed by atoms with E-state index in [1.54, 1.807) is 38.5 Å². The average Bonchev–Trinajstić information content (AvgIpc) is 2.82. The third kappa shape index (κ3) is 7.35. The van der Waals surface area contributed by atoms with Crippen molar-refractivity contribution >= 4 is 10.0 Å². The van der Waals surface area contributed by atoms with Gasteiger partial charge in [-0.05, 0) is 50.5 Å². The number of methoxy groups -OCH3 is 2. The minimum atomic E-state index is -3.71. The molecular formula is C25H38N2O5S. The third-order valence-electron chi connectivity index (χ3n) is 5.74. The summed E-state index contributed by atoms with van der Waals surface area (Å²) in [5.74, 6) is 2.07. The molecule has 0 fully saturated rings. The molecule has 7 nitrogen and oxygen atoms in total. The zero-order valence-electron chi connectivity index (χ0n) is 20.6. The maximum Gasteiger partial charge on any atom is 0.253 e. The molecule has 0 saturated heterocycles. The van der Waals surface area contributed by atoms with Crippen LogP contribution in [0.15, 0.2) is 41.3 Å². The second kappa shape index (κ2) is 12.8. The van der Waals surface area contributed by atoms with Crippen molar-refractivity contribution in [2.24, 2.45) is 5.92 Å². The fourth-order valence-electron chi connectivity index (χ4n) is 3.53. The first kappa shape index (κ1) is 27.0. The normalized spacial score (nSPS) is 13.4. The Labute approximate surface area is 198 Å². The molecule has 0 radical (unpaired) electrons. The van der Waals surface area contributed by atoms with Gasteiger partial charge in [0, 0.05) is 11.6 Å². The maximum atomic E-state index is 12.6. The Hall–Kier alpha value is -2.29. The average molecular weight is 479 g/mol. The topological polar surface area (TPSA) is 85.9 Å². The molecule has 2 rings (SSSR count). The van der Waals surface area contributed by atoms with Gasteiger partial charge in [-0.3, -0.25) is 0 Å². The molecule has 2 unspecified atom stereocenters. The summed E-state index contributed by atoms with van der Waals surface area (Å²) in [5.41, 5.74) is 4.62. The fraction of sp³-hybridized carbons (Fsp3) is 0.520. The zero-order chi connectivity index (χ0) is 24.4. The first-order valence-electron chi connectivity index (χ1n) is 11.5. The number of unbranched alkanes of at least 4 members (excludes halogenated alkanes) is 1. The molecule has 0 aromatic heterocycles. The van der Waals surface area contributed by atoms with Gasteiger partial charge >= 0.3 is 0 Å². The Kier molecular flexibility index (Phi) is 10.5. The van der Waals surface area contributed by atoms with Crippen LogP contribution < -0.4 is 24.5 Å². The smallest absolute Gasteiger partial charge is 0.253 e. The van der Waals surface area contributed by atoms with Gasteiger partial charge in [0.15, 0.2) is 11.5 Å². The van der Waals surface area contributed by atoms with Crippen LogP contribution in [0, 0.1) is 12.8 Å². The number of hydrogen-bond donors (Lipinski definition) is 2. The molecule has 0 heterocycles. The molecule has 0 spiro atoms. The van der Waals surface area contributed by atoms with Crippen LogP contribution in [0.5, 0.6) is 17.2 Å². The van der Waals surface area contributed by atoms with E-state index >= 15 is 0 Å². The van der Waals surface area contributed by atoms with Crippen molar-refractivity contribution in [3.63, 3.8) is 0 Å². The minimum Gasteiger partial charge on any atom is -0.493 e. The lowest BCUT2D eigenvalue weighted by Crippen LogP contribution is -2.39. The summed E-state index contributed by atoms with van der Waals surface area (Å²) in [5, 5.41) is 0. The molecule has 2 atom stereocenters. The van der Waals surface area contributed by atoms with Crippen LogP contribution in [0.2, 0.25) is 0 Å². The largest absolute Gasteiger partial charge is 0.493 e. The molecule has 0 bridgehead atoms. The monoisotopic (exact) mass is 478 g/mol. The Morgan fingerprint density at radius 3 is 2.24 bits per heavy atom. The predicted octanol–water partition coefficient (Wildman–Crippen LogP) is 5.15. The highest BCUT2D eigenvalue weighted by molar-refractivity contribution is 7.89. The molecule has 2 N–H and O–H groups in total. The van der Waals surface area contributed by atoms with Crippen molar-refractivity contribution in [2.45, 2.75) is 64.3 Å². The summed E-state index contributed by atoms with van der Waals surface area (Å²) >= 11 is 0. The van der Waals surface area contributed by atoms with E-state index in [2.05, 4.69) is 24.1 Å². The fourth-order valence-corrected chi connectivity index (χ4v) is 4.47. The third-order valence-corrected chi connectivity index (χ3v) is 7.02. The van der Waals surface area contributed by atoms with E-state index in [0.29, 0.717) is 29.8 Å². The standard InChI is InChI=1S/C25H38N2O5S/c1-7-9-10-20(8-2)17-32-25-23(30-5)16-15-22(24(25)31-6)19(4)26-27-33(28,29)21-13-11-18(3)12-14-21/h11-16,19-20,26-27H,7-10,17H2,1-6H3. The van der Waals surface area contributed by atoms with Gasteiger partial charge in [-0.1, -0.05) is 50.8 Å². The van der Waals surface area contributed by atoms with E-state index in [1.807, 2.05) is 26.0 Å². The summed E-state index contributed by atoms with van der Waals surface area (Å²) in [6.07, 6.45) is 4.46. The molecule has 2 aromatic rings. The first-order chi connectivity index (χ1) is 15.8. The number of benzene rings is 2. The molecule has 184 valence electrons. The summed E-state index contributed by atoms with van der Waals surface area (Å²) in [6, 6.07) is 9.94. The first-order valence-corrected chi connectivity index (χ1v) is 13.0. The number of rotatable bonds is 14. The molecule has 8 heteroatoms. The lowest BCUT2D eigenvalue weighted by atomic mass is 10.0. The highest BCUT2D eigenvalue weighted by atomic mass is 32.2. The molecular weight excluding hydrogens is 440 g/mol. The summed E-state index contributed by atoms with van der Waals surface area (Å²) in [6.45, 7) is 8.67. The lowest BCUT2D eigenvalue weighted by Gasteiger charge is -2.23. The van der Waals surface area contributed by atoms with E-state index in [0.717, 1.165) is 36.8 Å². The van der Waals surface area contributed by atoms with E-state index < -0.39 is 16.1 Å². The van der Waals surface area contributed by atoms with Crippen molar-refractivity contribution in [2.75, 3.05) is 20.8 Å². The zero-order valence-corrected chi connectivity index (χ0v) is 21.4. The molecule has 0 saturated carbocycles. The molecule has 0 amide bonds. The van der Waals surface area contributed by atoms with Crippen LogP contribution >= 0.6 is 0 Å². The number of hydrazine groups is 1. The van der Waals surface area contributed by atoms with Gasteiger partial charge in [0.05, 0.1) is 25.7 Å². The Bertz CT molecular complexity index is 977. The highest BCUT2D eigenvalue weighted by Gasteiger charge is 2.23. The van der Waals surface area contributed by atoms with Crippen molar-refractivity contribution < 1.29 is 22.6 Å². The SMILES string of the molecule is CCCCC(CC)COc1c(OC)ccc(C(C)NNS(=O)(=O)c2ccc(C)cc2)c1OC. The number of ether oxygens (including phenoxy) is 3. The molecule has 0 aliphatic heterocycles. The highest BCUT2D eigenvalue weighted by Crippen LogP contribution is 2.42. The number of sulfonamides is 1. The van der Waals surface area contributed by atoms with Gasteiger partial charge in [0.25, 0.3) is 10.0 Å². The second-order valence-corrected chi connectivity index (χ2v) is 9.91. The molecule has 0 aliphatic carbocycles. The van der Waals surface area contributed by atoms with E-state index in [-0.39, 0.29) is 4.90 Å². The van der Waals surface area contributed by atoms with E-state index in [9.17, 15) is 8.42 Å². The number of nitrogens with one attached hydrogen (secondary N) is 2. The van der Waals surface area contributed by atoms with Crippen LogP contribution in [-0.4, -0.2) is 29.2 Å². The van der Waals surface area contributed by atoms with Gasteiger partial charge in [-0.2, -0.15) is 0 Å². The lowest BCUT2D eigenvalue weighted by molar-refractivity contribution is 0.214. The summed E-state index contributed by atoms with van der Waals surface area (Å²) in [7, 11) is -0.552. The number of hydrogen-bond acceptors (Lipinski definition) is 6.